The highest BCUT2D eigenvalue weighted by atomic mass is 127. The van der Waals surface area contributed by atoms with Gasteiger partial charge < -0.3 is 83.0 Å². The zero-order valence-corrected chi connectivity index (χ0v) is 44.0. The number of carbonyl (C=O) groups excluding carboxylic acids is 6. The lowest BCUT2D eigenvalue weighted by molar-refractivity contribution is -0.119. The molecule has 16 N–H and O–H groups in total. The summed E-state index contributed by atoms with van der Waals surface area (Å²) in [5.74, 6) is -5.47. The van der Waals surface area contributed by atoms with Crippen molar-refractivity contribution < 1.29 is 79.8 Å². The van der Waals surface area contributed by atoms with Crippen LogP contribution in [0.15, 0.2) is 0 Å². The maximum Gasteiger partial charge on any atom is 0.253 e. The first-order valence-electron chi connectivity index (χ1n) is 17.1. The van der Waals surface area contributed by atoms with Gasteiger partial charge in [0, 0.05) is 20.2 Å². The van der Waals surface area contributed by atoms with Crippen molar-refractivity contribution in [3.63, 3.8) is 0 Å². The zero-order valence-electron chi connectivity index (χ0n) is 31.1. The fourth-order valence-electron chi connectivity index (χ4n) is 5.01. The monoisotopic (exact) mass is 1540 g/mol. The Morgan fingerprint density at radius 2 is 0.754 bits per heavy atom. The molecule has 2 rings (SSSR count). The Morgan fingerprint density at radius 1 is 0.459 bits per heavy atom. The van der Waals surface area contributed by atoms with Crippen LogP contribution in [0.5, 0.6) is 0 Å². The van der Waals surface area contributed by atoms with Crippen molar-refractivity contribution in [1.29, 1.82) is 0 Å². The van der Waals surface area contributed by atoms with Crippen LogP contribution in [0.2, 0.25) is 0 Å². The Bertz CT molecular complexity index is 1840. The van der Waals surface area contributed by atoms with Crippen molar-refractivity contribution >= 4 is 182 Å². The minimum atomic E-state index is -1.70. The number of amides is 6. The minimum Gasteiger partial charge on any atom is -0.396 e. The van der Waals surface area contributed by atoms with E-state index >= 15 is 0 Å². The Balaban J connectivity index is 2.60. The topological polar surface area (TPSA) is 377 Å². The number of hydrogen-bond donors (Lipinski definition) is 16. The molecule has 0 radical (unpaired) electrons. The Morgan fingerprint density at radius 3 is 1.00 bits per heavy atom. The van der Waals surface area contributed by atoms with Crippen LogP contribution in [-0.4, -0.2) is 177 Å². The van der Waals surface area contributed by atoms with E-state index in [1.807, 2.05) is 0 Å². The van der Waals surface area contributed by atoms with E-state index in [2.05, 4.69) is 31.9 Å². The number of aliphatic hydroxyl groups is 10. The van der Waals surface area contributed by atoms with Gasteiger partial charge in [-0.05, 0) is 136 Å². The molecule has 2 aromatic carbocycles. The molecule has 0 bridgehead atoms. The average Bonchev–Trinajstić information content (AvgIpc) is 3.24. The molecule has 340 valence electrons. The maximum atomic E-state index is 14.0. The number of nitrogens with one attached hydrogen (secondary N) is 6. The number of rotatable bonds is 22. The molecule has 61 heavy (non-hydrogen) atoms. The summed E-state index contributed by atoms with van der Waals surface area (Å²) in [5, 5.41) is 113. The first-order valence-corrected chi connectivity index (χ1v) is 23.6. The summed E-state index contributed by atoms with van der Waals surface area (Å²) >= 11 is 10.3. The molecule has 0 heterocycles. The molecule has 0 spiro atoms. The molecule has 4 atom stereocenters. The van der Waals surface area contributed by atoms with Gasteiger partial charge in [0.15, 0.2) is 0 Å². The van der Waals surface area contributed by atoms with Gasteiger partial charge in [-0.3, -0.25) is 28.8 Å². The van der Waals surface area contributed by atoms with E-state index in [0.29, 0.717) is 0 Å². The highest BCUT2D eigenvalue weighted by molar-refractivity contribution is 14.1. The predicted molar refractivity (Wildman–Crippen MR) is 265 cm³/mol. The molecule has 0 aromatic heterocycles. The van der Waals surface area contributed by atoms with Crippen LogP contribution in [0.25, 0.3) is 0 Å². The zero-order chi connectivity index (χ0) is 46.5. The van der Waals surface area contributed by atoms with E-state index in [-0.39, 0.29) is 55.0 Å². The first kappa shape index (κ1) is 56.4. The third kappa shape index (κ3) is 14.1. The largest absolute Gasteiger partial charge is 0.396 e. The molecule has 22 nitrogen and oxygen atoms in total. The lowest BCUT2D eigenvalue weighted by Crippen LogP contribution is -2.50. The molecule has 28 heteroatoms. The van der Waals surface area contributed by atoms with Crippen LogP contribution >= 0.6 is 136 Å². The summed E-state index contributed by atoms with van der Waals surface area (Å²) in [6, 6.07) is -2.68. The van der Waals surface area contributed by atoms with Gasteiger partial charge in [0.2, 0.25) is 11.8 Å². The predicted octanol–water partition coefficient (Wildman–Crippen LogP) is -2.81. The molecular formula is C33H40I6N6O16. The molecule has 6 amide bonds. The van der Waals surface area contributed by atoms with Gasteiger partial charge in [-0.25, -0.2) is 0 Å². The van der Waals surface area contributed by atoms with Crippen LogP contribution < -0.4 is 31.9 Å². The van der Waals surface area contributed by atoms with Gasteiger partial charge in [-0.2, -0.15) is 0 Å². The van der Waals surface area contributed by atoms with Gasteiger partial charge in [0.1, 0.15) is 13.2 Å². The highest BCUT2D eigenvalue weighted by Crippen LogP contribution is 2.37. The van der Waals surface area contributed by atoms with Crippen molar-refractivity contribution in [2.45, 2.75) is 24.3 Å². The molecule has 0 saturated carbocycles. The number of benzene rings is 2. The molecule has 0 saturated heterocycles. The van der Waals surface area contributed by atoms with Crippen molar-refractivity contribution in [2.24, 2.45) is 5.41 Å². The number of halogens is 6. The SMILES string of the molecule is O=C(CO)Nc1c(I)c(C(=O)NCC(CO)(CO)CNC(=O)c2c(I)c(NC(=O)CO)c(I)c(C(=O)NC(CO)C(O)CO)c2I)c(I)c(C(=O)NC(CO)C(O)CO)c1I. The van der Waals surface area contributed by atoms with Crippen LogP contribution in [0.3, 0.4) is 0 Å². The molecular weight excluding hydrogens is 1500 g/mol. The van der Waals surface area contributed by atoms with E-state index in [9.17, 15) is 79.8 Å². The van der Waals surface area contributed by atoms with Crippen molar-refractivity contribution in [3.05, 3.63) is 43.7 Å². The van der Waals surface area contributed by atoms with Gasteiger partial charge in [-0.15, -0.1) is 0 Å². The summed E-state index contributed by atoms with van der Waals surface area (Å²) in [6.07, 6.45) is -3.14. The van der Waals surface area contributed by atoms with E-state index in [4.69, 9.17) is 0 Å². The van der Waals surface area contributed by atoms with Crippen LogP contribution in [0.4, 0.5) is 11.4 Å². The highest BCUT2D eigenvalue weighted by Gasteiger charge is 2.36. The second-order valence-electron chi connectivity index (χ2n) is 12.8. The molecule has 0 aliphatic carbocycles. The number of carbonyl (C=O) groups is 6. The third-order valence-electron chi connectivity index (χ3n) is 8.61. The smallest absolute Gasteiger partial charge is 0.253 e. The van der Waals surface area contributed by atoms with Gasteiger partial charge in [0.25, 0.3) is 23.6 Å². The van der Waals surface area contributed by atoms with Crippen LogP contribution in [0, 0.1) is 26.8 Å². The molecule has 2 aromatic rings. The molecule has 0 fully saturated rings. The lowest BCUT2D eigenvalue weighted by Gasteiger charge is -2.31. The van der Waals surface area contributed by atoms with Crippen LogP contribution in [-0.2, 0) is 9.59 Å². The summed E-state index contributed by atoms with van der Waals surface area (Å²) in [7, 11) is 0. The second kappa shape index (κ2) is 26.4. The first-order chi connectivity index (χ1) is 28.7. The van der Waals surface area contributed by atoms with E-state index in [1.165, 1.54) is 0 Å². The fourth-order valence-corrected chi connectivity index (χ4v) is 13.8. The van der Waals surface area contributed by atoms with E-state index in [0.717, 1.165) is 0 Å². The molecule has 0 aliphatic rings. The molecule has 4 unspecified atom stereocenters. The number of hydrogen-bond acceptors (Lipinski definition) is 16. The standard InChI is InChI=1S/C33H40I6N6O16/c34-21-17(23(36)27(44-15(56)5-50)25(38)19(21)31(60)42-11(1-46)13(54)3-48)29(58)40-7-33(9-52,10-53)8-41-30(59)18-22(35)20(32(61)43-12(2-47)14(55)4-49)26(39)28(24(18)37)45-16(57)6-51/h11-14,46-55H,1-10H2,(H,40,58)(H,41,59)(H,42,60)(H,43,61)(H,44,56)(H,45,57). The Labute approximate surface area is 428 Å². The summed E-state index contributed by atoms with van der Waals surface area (Å²) < 4.78 is 0.380. The maximum absolute atomic E-state index is 14.0. The summed E-state index contributed by atoms with van der Waals surface area (Å²) in [6.45, 7) is -7.88. The van der Waals surface area contributed by atoms with E-state index < -0.39 is 131 Å². The van der Waals surface area contributed by atoms with Gasteiger partial charge >= 0.3 is 0 Å². The molecule has 0 aliphatic heterocycles. The second-order valence-corrected chi connectivity index (χ2v) is 19.2. The van der Waals surface area contributed by atoms with Crippen molar-refractivity contribution in [2.75, 3.05) is 76.6 Å². The normalized spacial score (nSPS) is 13.4. The van der Waals surface area contributed by atoms with Crippen LogP contribution in [0.1, 0.15) is 41.4 Å². The minimum absolute atomic E-state index is 0.00782. The van der Waals surface area contributed by atoms with Gasteiger partial charge in [0.05, 0.1) is 117 Å². The Kier molecular flexibility index (Phi) is 24.4. The number of anilines is 2. The fraction of sp³-hybridized carbons (Fsp3) is 0.455. The Hall–Kier alpha value is -0.760. The van der Waals surface area contributed by atoms with Crippen molar-refractivity contribution in [3.8, 4) is 0 Å². The quantitative estimate of drug-likeness (QED) is 0.0530. The lowest BCUT2D eigenvalue weighted by atomic mass is 9.89. The number of aliphatic hydroxyl groups excluding tert-OH is 10. The third-order valence-corrected chi connectivity index (χ3v) is 15.1. The summed E-state index contributed by atoms with van der Waals surface area (Å²) in [5.41, 5.74) is -2.63. The summed E-state index contributed by atoms with van der Waals surface area (Å²) in [4.78, 5) is 79.6. The van der Waals surface area contributed by atoms with E-state index in [1.54, 1.807) is 136 Å². The average molecular weight is 1540 g/mol. The van der Waals surface area contributed by atoms with Gasteiger partial charge in [-0.1, -0.05) is 0 Å². The van der Waals surface area contributed by atoms with Crippen molar-refractivity contribution in [1.82, 2.24) is 21.3 Å².